The van der Waals surface area contributed by atoms with E-state index >= 15 is 0 Å². The average molecular weight is 314 g/mol. The normalized spacial score (nSPS) is 21.6. The molecule has 4 nitrogen and oxygen atoms in total. The first kappa shape index (κ1) is 16.6. The second-order valence-electron chi connectivity index (χ2n) is 5.50. The molecule has 1 aliphatic rings. The monoisotopic (exact) mass is 314 g/mol. The summed E-state index contributed by atoms with van der Waals surface area (Å²) < 4.78 is 44.4. The van der Waals surface area contributed by atoms with Gasteiger partial charge < -0.3 is 15.2 Å². The zero-order valence-electron chi connectivity index (χ0n) is 11.9. The fourth-order valence-corrected chi connectivity index (χ4v) is 2.60. The zero-order valence-corrected chi connectivity index (χ0v) is 11.9. The number of nitrogens with one attached hydrogen (secondary N) is 1. The van der Waals surface area contributed by atoms with E-state index in [1.165, 1.54) is 6.07 Å². The summed E-state index contributed by atoms with van der Waals surface area (Å²) in [5.74, 6) is 0. The number of halogens is 3. The molecular weight excluding hydrogens is 297 g/mol. The van der Waals surface area contributed by atoms with Crippen LogP contribution in [-0.2, 0) is 10.9 Å². The van der Waals surface area contributed by atoms with Crippen LogP contribution < -0.4 is 5.32 Å². The number of alkyl halides is 3. The molecule has 120 valence electrons. The standard InChI is InChI=1S/C15H17F3N2O2/c16-15(17,18)12-2-1-11(8-19)7-13(12)20-9-14(3-5-21)4-6-22-10-14/h1-2,7,20-21H,3-6,9-10H2/t14-/m1/s1. The number of nitrogens with zero attached hydrogens (tertiary/aromatic N) is 1. The molecule has 22 heavy (non-hydrogen) atoms. The first-order chi connectivity index (χ1) is 10.4. The summed E-state index contributed by atoms with van der Waals surface area (Å²) in [4.78, 5) is 0. The Labute approximate surface area is 126 Å². The molecule has 0 bridgehead atoms. The number of hydrogen-bond donors (Lipinski definition) is 2. The predicted molar refractivity (Wildman–Crippen MR) is 74.2 cm³/mol. The van der Waals surface area contributed by atoms with Gasteiger partial charge in [-0.1, -0.05) is 0 Å². The summed E-state index contributed by atoms with van der Waals surface area (Å²) >= 11 is 0. The van der Waals surface area contributed by atoms with Gasteiger partial charge in [0.1, 0.15) is 0 Å². The lowest BCUT2D eigenvalue weighted by Crippen LogP contribution is -2.32. The molecule has 0 aliphatic carbocycles. The first-order valence-corrected chi connectivity index (χ1v) is 6.94. The number of aliphatic hydroxyl groups excluding tert-OH is 1. The molecule has 1 heterocycles. The number of nitriles is 1. The molecule has 0 radical (unpaired) electrons. The Bertz CT molecular complexity index is 561. The van der Waals surface area contributed by atoms with Crippen LogP contribution in [0, 0.1) is 16.7 Å². The summed E-state index contributed by atoms with van der Waals surface area (Å²) in [5, 5.41) is 20.8. The molecule has 0 unspecified atom stereocenters. The maximum atomic E-state index is 13.0. The second-order valence-corrected chi connectivity index (χ2v) is 5.50. The van der Waals surface area contributed by atoms with E-state index in [0.29, 0.717) is 26.1 Å². The predicted octanol–water partition coefficient (Wildman–Crippen LogP) is 2.78. The van der Waals surface area contributed by atoms with Crippen molar-refractivity contribution >= 4 is 5.69 Å². The van der Waals surface area contributed by atoms with E-state index < -0.39 is 11.7 Å². The van der Waals surface area contributed by atoms with Crippen molar-refractivity contribution in [2.45, 2.75) is 19.0 Å². The van der Waals surface area contributed by atoms with Gasteiger partial charge in [0, 0.05) is 30.9 Å². The highest BCUT2D eigenvalue weighted by Gasteiger charge is 2.37. The van der Waals surface area contributed by atoms with E-state index in [0.717, 1.165) is 12.1 Å². The molecule has 1 aromatic rings. The zero-order chi connectivity index (χ0) is 16.2. The third-order valence-electron chi connectivity index (χ3n) is 3.94. The van der Waals surface area contributed by atoms with Crippen LogP contribution in [-0.4, -0.2) is 31.5 Å². The van der Waals surface area contributed by atoms with Gasteiger partial charge >= 0.3 is 6.18 Å². The SMILES string of the molecule is N#Cc1ccc(C(F)(F)F)c(NC[C@@]2(CCO)CCOC2)c1. The highest BCUT2D eigenvalue weighted by molar-refractivity contribution is 5.57. The summed E-state index contributed by atoms with van der Waals surface area (Å²) in [5.41, 5.74) is -1.13. The number of hydrogen-bond acceptors (Lipinski definition) is 4. The summed E-state index contributed by atoms with van der Waals surface area (Å²) in [6.45, 7) is 1.15. The van der Waals surface area contributed by atoms with Crippen molar-refractivity contribution < 1.29 is 23.0 Å². The molecule has 0 aromatic heterocycles. The average Bonchev–Trinajstić information content (AvgIpc) is 2.93. The molecular formula is C15H17F3N2O2. The first-order valence-electron chi connectivity index (χ1n) is 6.94. The van der Waals surface area contributed by atoms with Gasteiger partial charge in [-0.15, -0.1) is 0 Å². The van der Waals surface area contributed by atoms with Crippen molar-refractivity contribution in [3.05, 3.63) is 29.3 Å². The molecule has 7 heteroatoms. The Kier molecular flexibility index (Phi) is 4.94. The molecule has 1 aliphatic heterocycles. The van der Waals surface area contributed by atoms with Gasteiger partial charge in [0.15, 0.2) is 0 Å². The van der Waals surface area contributed by atoms with Gasteiger partial charge in [0.25, 0.3) is 0 Å². The molecule has 1 fully saturated rings. The summed E-state index contributed by atoms with van der Waals surface area (Å²) in [6, 6.07) is 5.09. The van der Waals surface area contributed by atoms with E-state index in [4.69, 9.17) is 15.1 Å². The van der Waals surface area contributed by atoms with Crippen LogP contribution in [0.2, 0.25) is 0 Å². The molecule has 1 aromatic carbocycles. The maximum Gasteiger partial charge on any atom is 0.418 e. The van der Waals surface area contributed by atoms with Crippen LogP contribution in [0.1, 0.15) is 24.0 Å². The quantitative estimate of drug-likeness (QED) is 0.877. The van der Waals surface area contributed by atoms with Crippen molar-refractivity contribution in [1.29, 1.82) is 5.26 Å². The van der Waals surface area contributed by atoms with Crippen molar-refractivity contribution in [3.8, 4) is 6.07 Å². The smallest absolute Gasteiger partial charge is 0.396 e. The minimum atomic E-state index is -4.49. The number of ether oxygens (including phenoxy) is 1. The molecule has 0 spiro atoms. The van der Waals surface area contributed by atoms with Gasteiger partial charge in [0.05, 0.1) is 23.8 Å². The van der Waals surface area contributed by atoms with Gasteiger partial charge in [-0.3, -0.25) is 0 Å². The molecule has 2 rings (SSSR count). The lowest BCUT2D eigenvalue weighted by Gasteiger charge is -2.28. The Morgan fingerprint density at radius 3 is 2.73 bits per heavy atom. The Balaban J connectivity index is 2.22. The van der Waals surface area contributed by atoms with Crippen molar-refractivity contribution in [3.63, 3.8) is 0 Å². The van der Waals surface area contributed by atoms with Crippen LogP contribution in [0.3, 0.4) is 0 Å². The highest BCUT2D eigenvalue weighted by Crippen LogP contribution is 2.37. The largest absolute Gasteiger partial charge is 0.418 e. The van der Waals surface area contributed by atoms with E-state index in [1.807, 2.05) is 6.07 Å². The fraction of sp³-hybridized carbons (Fsp3) is 0.533. The number of benzene rings is 1. The summed E-state index contributed by atoms with van der Waals surface area (Å²) in [6.07, 6.45) is -3.36. The van der Waals surface area contributed by atoms with E-state index in [2.05, 4.69) is 5.32 Å². The minimum Gasteiger partial charge on any atom is -0.396 e. The molecule has 0 saturated carbocycles. The van der Waals surface area contributed by atoms with Gasteiger partial charge in [-0.05, 0) is 31.0 Å². The lowest BCUT2D eigenvalue weighted by atomic mass is 9.84. The molecule has 2 N–H and O–H groups in total. The Morgan fingerprint density at radius 1 is 1.41 bits per heavy atom. The molecule has 1 saturated heterocycles. The second kappa shape index (κ2) is 6.55. The molecule has 1 atom stereocenters. The highest BCUT2D eigenvalue weighted by atomic mass is 19.4. The minimum absolute atomic E-state index is 0.0462. The van der Waals surface area contributed by atoms with Crippen molar-refractivity contribution in [2.75, 3.05) is 31.7 Å². The molecule has 0 amide bonds. The van der Waals surface area contributed by atoms with Crippen LogP contribution in [0.25, 0.3) is 0 Å². The van der Waals surface area contributed by atoms with Crippen LogP contribution in [0.15, 0.2) is 18.2 Å². The topological polar surface area (TPSA) is 65.3 Å². The van der Waals surface area contributed by atoms with E-state index in [-0.39, 0.29) is 29.8 Å². The number of anilines is 1. The van der Waals surface area contributed by atoms with E-state index in [9.17, 15) is 13.2 Å². The Morgan fingerprint density at radius 2 is 2.18 bits per heavy atom. The maximum absolute atomic E-state index is 13.0. The van der Waals surface area contributed by atoms with Crippen molar-refractivity contribution in [2.24, 2.45) is 5.41 Å². The lowest BCUT2D eigenvalue weighted by molar-refractivity contribution is -0.137. The fourth-order valence-electron chi connectivity index (χ4n) is 2.60. The third-order valence-corrected chi connectivity index (χ3v) is 3.94. The van der Waals surface area contributed by atoms with Crippen LogP contribution >= 0.6 is 0 Å². The summed E-state index contributed by atoms with van der Waals surface area (Å²) in [7, 11) is 0. The van der Waals surface area contributed by atoms with Gasteiger partial charge in [-0.25, -0.2) is 0 Å². The number of aliphatic hydroxyl groups is 1. The van der Waals surface area contributed by atoms with Crippen LogP contribution in [0.5, 0.6) is 0 Å². The van der Waals surface area contributed by atoms with E-state index in [1.54, 1.807) is 0 Å². The van der Waals surface area contributed by atoms with Gasteiger partial charge in [-0.2, -0.15) is 18.4 Å². The van der Waals surface area contributed by atoms with Crippen LogP contribution in [0.4, 0.5) is 18.9 Å². The number of rotatable bonds is 5. The Hall–Kier alpha value is -1.78. The van der Waals surface area contributed by atoms with Crippen molar-refractivity contribution in [1.82, 2.24) is 0 Å². The third kappa shape index (κ3) is 3.70. The van der Waals surface area contributed by atoms with Gasteiger partial charge in [0.2, 0.25) is 0 Å².